The van der Waals surface area contributed by atoms with E-state index < -0.39 is 17.5 Å². The first-order chi connectivity index (χ1) is 10.5. The molecule has 2 aromatic rings. The fraction of sp³-hybridized carbons (Fsp3) is 0.421. The maximum atomic E-state index is 12.0. The van der Waals surface area contributed by atoms with E-state index in [-0.39, 0.29) is 0 Å². The lowest BCUT2D eigenvalue weighted by molar-refractivity contribution is -0.148. The predicted octanol–water partition coefficient (Wildman–Crippen LogP) is 3.95. The minimum absolute atomic E-state index is 0.550. The van der Waals surface area contributed by atoms with E-state index in [1.165, 1.54) is 0 Å². The van der Waals surface area contributed by atoms with Crippen molar-refractivity contribution >= 4 is 16.7 Å². The second kappa shape index (κ2) is 5.73. The highest BCUT2D eigenvalue weighted by Gasteiger charge is 2.44. The molecule has 2 aromatic carbocycles. The second-order valence-electron chi connectivity index (χ2n) is 6.63. The maximum Gasteiger partial charge on any atom is 0.313 e. The summed E-state index contributed by atoms with van der Waals surface area (Å²) in [6.07, 6.45) is 2.86. The molecule has 1 saturated carbocycles. The van der Waals surface area contributed by atoms with Crippen LogP contribution in [0.25, 0.3) is 10.8 Å². The average molecular weight is 298 g/mol. The van der Waals surface area contributed by atoms with E-state index in [2.05, 4.69) is 6.92 Å². The van der Waals surface area contributed by atoms with E-state index >= 15 is 0 Å². The van der Waals surface area contributed by atoms with Gasteiger partial charge in [0.15, 0.2) is 0 Å². The van der Waals surface area contributed by atoms with Gasteiger partial charge in [0.1, 0.15) is 5.92 Å². The van der Waals surface area contributed by atoms with Crippen LogP contribution < -0.4 is 0 Å². The van der Waals surface area contributed by atoms with Crippen molar-refractivity contribution in [3.63, 3.8) is 0 Å². The van der Waals surface area contributed by atoms with Gasteiger partial charge in [-0.15, -0.1) is 0 Å². The number of aliphatic carboxylic acids is 1. The first-order valence-electron chi connectivity index (χ1n) is 7.94. The SMILES string of the molecule is CC1CCC(O)([C@@H](C(=O)O)c2cccc3ccccc23)CC1. The van der Waals surface area contributed by atoms with Gasteiger partial charge in [0.2, 0.25) is 0 Å². The summed E-state index contributed by atoms with van der Waals surface area (Å²) in [5.41, 5.74) is -0.426. The number of aliphatic hydroxyl groups is 1. The molecule has 0 saturated heterocycles. The highest BCUT2D eigenvalue weighted by molar-refractivity contribution is 5.91. The summed E-state index contributed by atoms with van der Waals surface area (Å²) >= 11 is 0. The topological polar surface area (TPSA) is 57.5 Å². The summed E-state index contributed by atoms with van der Waals surface area (Å²) in [6.45, 7) is 2.16. The van der Waals surface area contributed by atoms with E-state index in [0.29, 0.717) is 18.8 Å². The molecule has 3 rings (SSSR count). The van der Waals surface area contributed by atoms with Crippen molar-refractivity contribution in [2.24, 2.45) is 5.92 Å². The van der Waals surface area contributed by atoms with Gasteiger partial charge in [-0.05, 0) is 47.9 Å². The highest BCUT2D eigenvalue weighted by Crippen LogP contribution is 2.43. The molecule has 0 amide bonds. The van der Waals surface area contributed by atoms with Gasteiger partial charge in [0.25, 0.3) is 0 Å². The molecule has 2 N–H and O–H groups in total. The van der Waals surface area contributed by atoms with Gasteiger partial charge in [-0.3, -0.25) is 4.79 Å². The smallest absolute Gasteiger partial charge is 0.313 e. The molecular formula is C19H22O3. The quantitative estimate of drug-likeness (QED) is 0.902. The van der Waals surface area contributed by atoms with Crippen molar-refractivity contribution in [1.29, 1.82) is 0 Å². The highest BCUT2D eigenvalue weighted by atomic mass is 16.4. The fourth-order valence-electron chi connectivity index (χ4n) is 3.71. The Morgan fingerprint density at radius 1 is 1.14 bits per heavy atom. The van der Waals surface area contributed by atoms with Gasteiger partial charge < -0.3 is 10.2 Å². The van der Waals surface area contributed by atoms with Crippen LogP contribution in [0.4, 0.5) is 0 Å². The van der Waals surface area contributed by atoms with E-state index in [1.54, 1.807) is 0 Å². The molecule has 0 spiro atoms. The fourth-order valence-corrected chi connectivity index (χ4v) is 3.71. The van der Waals surface area contributed by atoms with Crippen molar-refractivity contribution < 1.29 is 15.0 Å². The minimum atomic E-state index is -1.15. The van der Waals surface area contributed by atoms with Crippen molar-refractivity contribution in [2.45, 2.75) is 44.1 Å². The van der Waals surface area contributed by atoms with Crippen LogP contribution in [0, 0.1) is 5.92 Å². The van der Waals surface area contributed by atoms with Crippen LogP contribution in [0.5, 0.6) is 0 Å². The van der Waals surface area contributed by atoms with Crippen LogP contribution in [-0.2, 0) is 4.79 Å². The number of carboxylic acid groups (broad SMARTS) is 1. The number of hydrogen-bond acceptors (Lipinski definition) is 2. The monoisotopic (exact) mass is 298 g/mol. The van der Waals surface area contributed by atoms with Gasteiger partial charge in [0.05, 0.1) is 5.60 Å². The normalized spacial score (nSPS) is 26.7. The zero-order chi connectivity index (χ0) is 15.7. The molecule has 0 unspecified atom stereocenters. The molecule has 0 aliphatic heterocycles. The van der Waals surface area contributed by atoms with Crippen LogP contribution in [-0.4, -0.2) is 21.8 Å². The molecule has 0 aromatic heterocycles. The van der Waals surface area contributed by atoms with E-state index in [4.69, 9.17) is 0 Å². The number of benzene rings is 2. The molecule has 3 nitrogen and oxygen atoms in total. The first-order valence-corrected chi connectivity index (χ1v) is 7.94. The summed E-state index contributed by atoms with van der Waals surface area (Å²) in [6, 6.07) is 13.5. The Bertz CT molecular complexity index is 679. The lowest BCUT2D eigenvalue weighted by Gasteiger charge is -2.39. The largest absolute Gasteiger partial charge is 0.481 e. The Morgan fingerprint density at radius 3 is 2.45 bits per heavy atom. The lowest BCUT2D eigenvalue weighted by Crippen LogP contribution is -2.43. The van der Waals surface area contributed by atoms with Gasteiger partial charge in [0, 0.05) is 0 Å². The summed E-state index contributed by atoms with van der Waals surface area (Å²) in [7, 11) is 0. The van der Waals surface area contributed by atoms with Crippen molar-refractivity contribution in [2.75, 3.05) is 0 Å². The lowest BCUT2D eigenvalue weighted by atomic mass is 9.69. The molecule has 116 valence electrons. The zero-order valence-corrected chi connectivity index (χ0v) is 12.8. The summed E-state index contributed by atoms with van der Waals surface area (Å²) in [4.78, 5) is 12.0. The van der Waals surface area contributed by atoms with E-state index in [0.717, 1.165) is 29.2 Å². The number of carboxylic acids is 1. The molecule has 0 radical (unpaired) electrons. The molecule has 0 bridgehead atoms. The molecule has 1 atom stereocenters. The molecule has 1 aliphatic carbocycles. The number of carbonyl (C=O) groups is 1. The van der Waals surface area contributed by atoms with Crippen LogP contribution in [0.2, 0.25) is 0 Å². The number of rotatable bonds is 3. The third-order valence-electron chi connectivity index (χ3n) is 5.06. The number of fused-ring (bicyclic) bond motifs is 1. The Labute approximate surface area is 130 Å². The molecule has 0 heterocycles. The minimum Gasteiger partial charge on any atom is -0.481 e. The third kappa shape index (κ3) is 2.61. The third-order valence-corrected chi connectivity index (χ3v) is 5.06. The molecule has 1 aliphatic rings. The van der Waals surface area contributed by atoms with Crippen LogP contribution in [0.1, 0.15) is 44.1 Å². The van der Waals surface area contributed by atoms with Gasteiger partial charge in [-0.2, -0.15) is 0 Å². The summed E-state index contributed by atoms with van der Waals surface area (Å²) < 4.78 is 0. The number of hydrogen-bond donors (Lipinski definition) is 2. The molecule has 22 heavy (non-hydrogen) atoms. The Morgan fingerprint density at radius 2 is 1.77 bits per heavy atom. The zero-order valence-electron chi connectivity index (χ0n) is 12.8. The second-order valence-corrected chi connectivity index (χ2v) is 6.63. The van der Waals surface area contributed by atoms with Gasteiger partial charge in [-0.25, -0.2) is 0 Å². The van der Waals surface area contributed by atoms with Crippen LogP contribution in [0.3, 0.4) is 0 Å². The van der Waals surface area contributed by atoms with Gasteiger partial charge in [-0.1, -0.05) is 49.4 Å². The van der Waals surface area contributed by atoms with Crippen LogP contribution in [0.15, 0.2) is 42.5 Å². The Hall–Kier alpha value is -1.87. The van der Waals surface area contributed by atoms with Crippen molar-refractivity contribution in [3.8, 4) is 0 Å². The van der Waals surface area contributed by atoms with E-state index in [1.807, 2.05) is 42.5 Å². The Kier molecular flexibility index (Phi) is 3.92. The van der Waals surface area contributed by atoms with Crippen LogP contribution >= 0.6 is 0 Å². The average Bonchev–Trinajstić information content (AvgIpc) is 2.51. The van der Waals surface area contributed by atoms with Gasteiger partial charge >= 0.3 is 5.97 Å². The Balaban J connectivity index is 2.09. The van der Waals surface area contributed by atoms with E-state index in [9.17, 15) is 15.0 Å². The molecular weight excluding hydrogens is 276 g/mol. The molecule has 1 fully saturated rings. The summed E-state index contributed by atoms with van der Waals surface area (Å²) in [5.74, 6) is -1.25. The standard InChI is InChI=1S/C19H22O3/c1-13-9-11-19(22,12-10-13)17(18(20)21)16-8-4-6-14-5-2-3-7-15(14)16/h2-8,13,17,22H,9-12H2,1H3,(H,20,21)/t13?,17-,19?/m1/s1. The summed E-state index contributed by atoms with van der Waals surface area (Å²) in [5, 5.41) is 22.8. The predicted molar refractivity (Wildman–Crippen MR) is 86.9 cm³/mol. The maximum absolute atomic E-state index is 12.0. The molecule has 3 heteroatoms. The van der Waals surface area contributed by atoms with Crippen molar-refractivity contribution in [1.82, 2.24) is 0 Å². The van der Waals surface area contributed by atoms with Crippen molar-refractivity contribution in [3.05, 3.63) is 48.0 Å². The first kappa shape index (κ1) is 15.0.